The summed E-state index contributed by atoms with van der Waals surface area (Å²) in [6.45, 7) is 1.43. The maximum Gasteiger partial charge on any atom is 0.322 e. The van der Waals surface area contributed by atoms with Crippen LogP contribution in [0, 0.1) is 0 Å². The van der Waals surface area contributed by atoms with Gasteiger partial charge in [0.25, 0.3) is 0 Å². The highest BCUT2D eigenvalue weighted by Gasteiger charge is 2.25. The van der Waals surface area contributed by atoms with Gasteiger partial charge in [0, 0.05) is 36.7 Å². The molecule has 0 spiro atoms. The molecule has 0 saturated heterocycles. The molecule has 0 aromatic carbocycles. The zero-order valence-electron chi connectivity index (χ0n) is 25.2. The van der Waals surface area contributed by atoms with Crippen LogP contribution in [0.3, 0.4) is 0 Å². The number of carbonyl (C=O) groups is 6. The summed E-state index contributed by atoms with van der Waals surface area (Å²) >= 11 is 1.08. The molecule has 0 aliphatic heterocycles. The van der Waals surface area contributed by atoms with Crippen LogP contribution in [0.5, 0.6) is 0 Å². The van der Waals surface area contributed by atoms with E-state index < -0.39 is 59.7 Å². The predicted molar refractivity (Wildman–Crippen MR) is 167 cm³/mol. The normalized spacial score (nSPS) is 14.3. The van der Waals surface area contributed by atoms with Crippen molar-refractivity contribution in [2.45, 2.75) is 101 Å². The number of aliphatic hydroxyl groups excluding tert-OH is 1. The van der Waals surface area contributed by atoms with Gasteiger partial charge < -0.3 is 36.8 Å². The number of nitrogens with one attached hydrogen (secondary N) is 2. The minimum absolute atomic E-state index is 0.0382. The summed E-state index contributed by atoms with van der Waals surface area (Å²) in [4.78, 5) is 69.9. The fourth-order valence-corrected chi connectivity index (χ4v) is 4.86. The summed E-state index contributed by atoms with van der Waals surface area (Å²) in [6.07, 6.45) is 14.0. The van der Waals surface area contributed by atoms with E-state index in [-0.39, 0.29) is 50.1 Å². The van der Waals surface area contributed by atoms with Crippen LogP contribution in [0.25, 0.3) is 0 Å². The third kappa shape index (κ3) is 22.1. The summed E-state index contributed by atoms with van der Waals surface area (Å²) in [5.41, 5.74) is 5.43. The number of rotatable bonds is 26. The molecule has 0 rings (SSSR count). The number of aliphatic carboxylic acids is 3. The fourth-order valence-electron chi connectivity index (χ4n) is 3.65. The predicted octanol–water partition coefficient (Wildman–Crippen LogP) is 2.18. The zero-order chi connectivity index (χ0) is 33.3. The van der Waals surface area contributed by atoms with Crippen molar-refractivity contribution in [3.8, 4) is 0 Å². The van der Waals surface area contributed by atoms with E-state index in [0.29, 0.717) is 6.42 Å². The van der Waals surface area contributed by atoms with Gasteiger partial charge in [0.15, 0.2) is 0 Å². The van der Waals surface area contributed by atoms with Crippen LogP contribution in [-0.2, 0) is 28.8 Å². The number of thioether (sulfide) groups is 1. The summed E-state index contributed by atoms with van der Waals surface area (Å²) in [7, 11) is 0. The molecule has 4 atom stereocenters. The van der Waals surface area contributed by atoms with Crippen LogP contribution < -0.4 is 16.4 Å². The van der Waals surface area contributed by atoms with Crippen molar-refractivity contribution in [3.05, 3.63) is 36.5 Å². The van der Waals surface area contributed by atoms with Gasteiger partial charge in [-0.2, -0.15) is 0 Å². The monoisotopic (exact) mass is 641 g/mol. The molecule has 0 fully saturated rings. The van der Waals surface area contributed by atoms with Gasteiger partial charge in [0.2, 0.25) is 11.8 Å². The molecular formula is C30H47N3O10S. The Kier molecular flexibility index (Phi) is 22.9. The maximum absolute atomic E-state index is 12.6. The van der Waals surface area contributed by atoms with Gasteiger partial charge in [0.05, 0.1) is 6.10 Å². The fraction of sp³-hybridized carbons (Fsp3) is 0.600. The third-order valence-corrected chi connectivity index (χ3v) is 7.55. The van der Waals surface area contributed by atoms with Crippen molar-refractivity contribution in [2.75, 3.05) is 12.3 Å². The molecule has 14 heteroatoms. The maximum atomic E-state index is 12.6. The molecule has 248 valence electrons. The van der Waals surface area contributed by atoms with E-state index in [1.807, 2.05) is 12.2 Å². The highest BCUT2D eigenvalue weighted by atomic mass is 32.2. The molecule has 0 radical (unpaired) electrons. The van der Waals surface area contributed by atoms with Gasteiger partial charge in [-0.25, -0.2) is 0 Å². The topological polar surface area (TPSA) is 233 Å². The number of aliphatic hydroxyl groups is 1. The van der Waals surface area contributed by atoms with Gasteiger partial charge in [-0.05, 0) is 32.1 Å². The van der Waals surface area contributed by atoms with Gasteiger partial charge in [0.1, 0.15) is 24.4 Å². The van der Waals surface area contributed by atoms with Crippen molar-refractivity contribution in [1.29, 1.82) is 0 Å². The van der Waals surface area contributed by atoms with Gasteiger partial charge >= 0.3 is 17.9 Å². The number of unbranched alkanes of at least 4 members (excludes halogenated alkanes) is 3. The van der Waals surface area contributed by atoms with Crippen LogP contribution in [0.15, 0.2) is 36.5 Å². The SMILES string of the molecule is CCCCC/C=C\CC(=O)C/C=C/C=C/[C@@H](SC[C@H](NC(=O)CC[C@H](N)C(=O)O)C(=O)NCC(=O)O)[C@@H](O)CCCC(=O)O. The average Bonchev–Trinajstić information content (AvgIpc) is 2.96. The summed E-state index contributed by atoms with van der Waals surface area (Å²) in [5.74, 6) is -5.13. The first kappa shape index (κ1) is 40.5. The lowest BCUT2D eigenvalue weighted by Crippen LogP contribution is -2.50. The number of hydrogen-bond acceptors (Lipinski definition) is 9. The number of carboxylic acid groups (broad SMARTS) is 3. The van der Waals surface area contributed by atoms with E-state index in [4.69, 9.17) is 21.1 Å². The largest absolute Gasteiger partial charge is 0.481 e. The number of carbonyl (C=O) groups excluding carboxylic acids is 3. The lowest BCUT2D eigenvalue weighted by Gasteiger charge is -2.23. The first-order valence-corrected chi connectivity index (χ1v) is 15.7. The van der Waals surface area contributed by atoms with Gasteiger partial charge in [-0.1, -0.05) is 56.2 Å². The quantitative estimate of drug-likeness (QED) is 0.0409. The highest BCUT2D eigenvalue weighted by Crippen LogP contribution is 2.22. The molecule has 2 amide bonds. The van der Waals surface area contributed by atoms with Crippen molar-refractivity contribution in [1.82, 2.24) is 10.6 Å². The molecule has 13 nitrogen and oxygen atoms in total. The second-order valence-electron chi connectivity index (χ2n) is 10.1. The second-order valence-corrected chi connectivity index (χ2v) is 11.3. The molecule has 8 N–H and O–H groups in total. The number of hydrogen-bond donors (Lipinski definition) is 7. The van der Waals surface area contributed by atoms with E-state index in [2.05, 4.69) is 17.6 Å². The smallest absolute Gasteiger partial charge is 0.322 e. The molecule has 0 heterocycles. The lowest BCUT2D eigenvalue weighted by molar-refractivity contribution is -0.139. The van der Waals surface area contributed by atoms with E-state index in [1.54, 1.807) is 24.3 Å². The zero-order valence-corrected chi connectivity index (χ0v) is 26.0. The molecule has 0 aromatic heterocycles. The number of carboxylic acids is 3. The molecule has 0 unspecified atom stereocenters. The van der Waals surface area contributed by atoms with E-state index in [1.165, 1.54) is 0 Å². The highest BCUT2D eigenvalue weighted by molar-refractivity contribution is 8.00. The van der Waals surface area contributed by atoms with Gasteiger partial charge in [-0.15, -0.1) is 11.8 Å². The minimum Gasteiger partial charge on any atom is -0.481 e. The Balaban J connectivity index is 5.40. The van der Waals surface area contributed by atoms with Crippen LogP contribution >= 0.6 is 11.8 Å². The number of Topliss-reactive ketones (excluding diaryl/α,β-unsaturated/α-hetero) is 1. The molecule has 44 heavy (non-hydrogen) atoms. The van der Waals surface area contributed by atoms with Crippen LogP contribution in [0.2, 0.25) is 0 Å². The Morgan fingerprint density at radius 2 is 1.57 bits per heavy atom. The second kappa shape index (κ2) is 24.9. The lowest BCUT2D eigenvalue weighted by atomic mass is 10.1. The standard InChI is InChI=1S/C30H47N3O10S/c1-2-3-4-5-6-8-12-21(34)13-9-7-10-15-25(24(35)14-11-16-27(37)38)44-20-23(29(41)32-19-28(39)40)33-26(36)18-17-22(31)30(42)43/h6-10,15,22-25,35H,2-5,11-14,16-20,31H2,1H3,(H,32,41)(H,33,36)(H,37,38)(H,39,40)(H,42,43)/b8-6-,9-7+,15-10+/t22-,23-,24-,25+/m0/s1. The van der Waals surface area contributed by atoms with Crippen molar-refractivity contribution >= 4 is 47.3 Å². The molecule has 0 aliphatic carbocycles. The Labute approximate surface area is 262 Å². The van der Waals surface area contributed by atoms with Gasteiger partial charge in [-0.3, -0.25) is 28.8 Å². The number of nitrogens with two attached hydrogens (primary N) is 1. The summed E-state index contributed by atoms with van der Waals surface area (Å²) in [5, 5.41) is 41.5. The Morgan fingerprint density at radius 3 is 2.20 bits per heavy atom. The number of amides is 2. The van der Waals surface area contributed by atoms with Crippen molar-refractivity contribution in [2.24, 2.45) is 5.73 Å². The molecular weight excluding hydrogens is 594 g/mol. The average molecular weight is 642 g/mol. The molecule has 0 saturated carbocycles. The molecule has 0 aromatic rings. The van der Waals surface area contributed by atoms with E-state index in [0.717, 1.165) is 37.4 Å². The Morgan fingerprint density at radius 1 is 0.864 bits per heavy atom. The summed E-state index contributed by atoms with van der Waals surface area (Å²) < 4.78 is 0. The van der Waals surface area contributed by atoms with Crippen LogP contribution in [-0.4, -0.2) is 91.7 Å². The van der Waals surface area contributed by atoms with Crippen LogP contribution in [0.1, 0.15) is 77.6 Å². The summed E-state index contributed by atoms with van der Waals surface area (Å²) in [6, 6.07) is -2.50. The van der Waals surface area contributed by atoms with Crippen LogP contribution in [0.4, 0.5) is 0 Å². The first-order chi connectivity index (χ1) is 20.9. The molecule has 0 aliphatic rings. The Bertz CT molecular complexity index is 1020. The van der Waals surface area contributed by atoms with E-state index in [9.17, 15) is 33.9 Å². The van der Waals surface area contributed by atoms with Crippen molar-refractivity contribution in [3.63, 3.8) is 0 Å². The first-order valence-electron chi connectivity index (χ1n) is 14.7. The molecule has 0 bridgehead atoms. The Hall–Kier alpha value is -3.49. The minimum atomic E-state index is -1.30. The number of allylic oxidation sites excluding steroid dienone is 5. The number of ketones is 1. The van der Waals surface area contributed by atoms with E-state index >= 15 is 0 Å². The van der Waals surface area contributed by atoms with Crippen molar-refractivity contribution < 1.29 is 49.2 Å². The third-order valence-electron chi connectivity index (χ3n) is 6.17.